The van der Waals surface area contributed by atoms with Gasteiger partial charge in [0.25, 0.3) is 0 Å². The highest BCUT2D eigenvalue weighted by Gasteiger charge is 2.42. The van der Waals surface area contributed by atoms with Gasteiger partial charge in [-0.25, -0.2) is 4.79 Å². The van der Waals surface area contributed by atoms with Gasteiger partial charge in [0.05, 0.1) is 6.54 Å². The lowest BCUT2D eigenvalue weighted by molar-refractivity contribution is -0.139. The summed E-state index contributed by atoms with van der Waals surface area (Å²) in [5.41, 5.74) is 1.37. The lowest BCUT2D eigenvalue weighted by Crippen LogP contribution is -2.59. The molecule has 0 saturated carbocycles. The SMILES string of the molecule is CCC(=N[C@@H](C)CCCN(CC)CC)C1C(=O)NC(=O)N(Cc2ccccc2)C1=O. The maximum atomic E-state index is 13.1. The lowest BCUT2D eigenvalue weighted by atomic mass is 9.95. The summed E-state index contributed by atoms with van der Waals surface area (Å²) in [5.74, 6) is -2.12. The molecule has 30 heavy (non-hydrogen) atoms. The van der Waals surface area contributed by atoms with Crippen LogP contribution in [-0.4, -0.2) is 59.0 Å². The molecule has 1 saturated heterocycles. The molecule has 0 aromatic heterocycles. The van der Waals surface area contributed by atoms with Gasteiger partial charge in [-0.3, -0.25) is 24.8 Å². The largest absolute Gasteiger partial charge is 0.331 e. The fraction of sp³-hybridized carbons (Fsp3) is 0.565. The van der Waals surface area contributed by atoms with Crippen molar-refractivity contribution in [1.82, 2.24) is 15.1 Å². The van der Waals surface area contributed by atoms with E-state index in [1.807, 2.05) is 44.2 Å². The van der Waals surface area contributed by atoms with Crippen LogP contribution in [0.2, 0.25) is 0 Å². The molecule has 164 valence electrons. The second-order valence-corrected chi connectivity index (χ2v) is 7.63. The number of nitrogens with zero attached hydrogens (tertiary/aromatic N) is 3. The first-order chi connectivity index (χ1) is 14.4. The molecule has 0 spiro atoms. The van der Waals surface area contributed by atoms with Crippen molar-refractivity contribution >= 4 is 23.6 Å². The van der Waals surface area contributed by atoms with Crippen LogP contribution in [0.5, 0.6) is 0 Å². The Morgan fingerprint density at radius 2 is 1.80 bits per heavy atom. The second-order valence-electron chi connectivity index (χ2n) is 7.63. The molecule has 1 unspecified atom stereocenters. The molecular formula is C23H34N4O3. The molecule has 4 amide bonds. The van der Waals surface area contributed by atoms with Crippen molar-refractivity contribution in [3.8, 4) is 0 Å². The molecule has 2 rings (SSSR count). The van der Waals surface area contributed by atoms with E-state index in [1.165, 1.54) is 0 Å². The summed E-state index contributed by atoms with van der Waals surface area (Å²) in [6, 6.07) is 8.60. The van der Waals surface area contributed by atoms with Crippen molar-refractivity contribution in [2.75, 3.05) is 19.6 Å². The van der Waals surface area contributed by atoms with Crippen molar-refractivity contribution in [3.63, 3.8) is 0 Å². The Kier molecular flexibility index (Phi) is 9.17. The zero-order valence-corrected chi connectivity index (χ0v) is 18.6. The maximum absolute atomic E-state index is 13.1. The molecule has 1 heterocycles. The number of nitrogens with one attached hydrogen (secondary N) is 1. The van der Waals surface area contributed by atoms with Crippen LogP contribution in [0, 0.1) is 5.92 Å². The van der Waals surface area contributed by atoms with Crippen molar-refractivity contribution in [3.05, 3.63) is 35.9 Å². The number of hydrogen-bond acceptors (Lipinski definition) is 5. The number of imide groups is 2. The third-order valence-electron chi connectivity index (χ3n) is 5.51. The smallest absolute Gasteiger partial charge is 0.304 e. The number of amides is 4. The minimum atomic E-state index is -1.04. The third-order valence-corrected chi connectivity index (χ3v) is 5.51. The van der Waals surface area contributed by atoms with Gasteiger partial charge in [0.1, 0.15) is 0 Å². The Bertz CT molecular complexity index is 759. The van der Waals surface area contributed by atoms with E-state index in [0.717, 1.165) is 42.9 Å². The van der Waals surface area contributed by atoms with Crippen LogP contribution >= 0.6 is 0 Å². The summed E-state index contributed by atoms with van der Waals surface area (Å²) >= 11 is 0. The predicted octanol–water partition coefficient (Wildman–Crippen LogP) is 3.24. The third kappa shape index (κ3) is 6.23. The molecule has 0 radical (unpaired) electrons. The number of benzene rings is 1. The normalized spacial score (nSPS) is 18.7. The van der Waals surface area contributed by atoms with Gasteiger partial charge in [-0.05, 0) is 51.4 Å². The van der Waals surface area contributed by atoms with Crippen LogP contribution in [0.25, 0.3) is 0 Å². The van der Waals surface area contributed by atoms with Gasteiger partial charge in [-0.1, -0.05) is 51.1 Å². The van der Waals surface area contributed by atoms with E-state index in [-0.39, 0.29) is 12.6 Å². The highest BCUT2D eigenvalue weighted by molar-refractivity contribution is 6.27. The van der Waals surface area contributed by atoms with E-state index in [1.54, 1.807) is 0 Å². The number of barbiturate groups is 1. The number of carbonyl (C=O) groups excluding carboxylic acids is 3. The van der Waals surface area contributed by atoms with Gasteiger partial charge in [-0.15, -0.1) is 0 Å². The summed E-state index contributed by atoms with van der Waals surface area (Å²) in [6.45, 7) is 11.4. The standard InChI is InChI=1S/C23H34N4O3/c1-5-19(24-17(4)12-11-15-26(6-2)7-3)20-21(28)25-23(30)27(22(20)29)16-18-13-9-8-10-14-18/h8-10,13-14,17,20H,5-7,11-12,15-16H2,1-4H3,(H,25,28,30)/t17-,20?/m0/s1. The van der Waals surface area contributed by atoms with E-state index < -0.39 is 23.8 Å². The summed E-state index contributed by atoms with van der Waals surface area (Å²) < 4.78 is 0. The Labute approximate surface area is 179 Å². The summed E-state index contributed by atoms with van der Waals surface area (Å²) in [7, 11) is 0. The zero-order chi connectivity index (χ0) is 22.1. The number of aliphatic imine (C=N–C) groups is 1. The molecule has 0 bridgehead atoms. The number of carbonyl (C=O) groups is 3. The molecule has 1 N–H and O–H groups in total. The fourth-order valence-corrected chi connectivity index (χ4v) is 3.69. The highest BCUT2D eigenvalue weighted by Crippen LogP contribution is 2.19. The lowest BCUT2D eigenvalue weighted by Gasteiger charge is -2.31. The van der Waals surface area contributed by atoms with E-state index in [9.17, 15) is 14.4 Å². The van der Waals surface area contributed by atoms with Crippen molar-refractivity contribution in [2.24, 2.45) is 10.9 Å². The average Bonchev–Trinajstić information content (AvgIpc) is 2.74. The average molecular weight is 415 g/mol. The Morgan fingerprint density at radius 1 is 1.13 bits per heavy atom. The highest BCUT2D eigenvalue weighted by atomic mass is 16.2. The van der Waals surface area contributed by atoms with Crippen LogP contribution in [0.4, 0.5) is 4.79 Å². The van der Waals surface area contributed by atoms with Gasteiger partial charge >= 0.3 is 6.03 Å². The Morgan fingerprint density at radius 3 is 2.40 bits per heavy atom. The van der Waals surface area contributed by atoms with Gasteiger partial charge in [0.15, 0.2) is 5.92 Å². The number of urea groups is 1. The van der Waals surface area contributed by atoms with E-state index in [4.69, 9.17) is 4.99 Å². The molecule has 2 atom stereocenters. The topological polar surface area (TPSA) is 82.1 Å². The van der Waals surface area contributed by atoms with Crippen molar-refractivity contribution in [2.45, 2.75) is 59.5 Å². The molecule has 1 aliphatic heterocycles. The van der Waals surface area contributed by atoms with Gasteiger partial charge < -0.3 is 4.90 Å². The molecule has 1 aromatic carbocycles. The zero-order valence-electron chi connectivity index (χ0n) is 18.6. The monoisotopic (exact) mass is 414 g/mol. The first kappa shape index (κ1) is 23.7. The van der Waals surface area contributed by atoms with Crippen LogP contribution in [0.3, 0.4) is 0 Å². The summed E-state index contributed by atoms with van der Waals surface area (Å²) in [4.78, 5) is 46.1. The maximum Gasteiger partial charge on any atom is 0.331 e. The molecule has 7 nitrogen and oxygen atoms in total. The van der Waals surface area contributed by atoms with Crippen LogP contribution < -0.4 is 5.32 Å². The molecule has 1 fully saturated rings. The number of rotatable bonds is 11. The van der Waals surface area contributed by atoms with Gasteiger partial charge in [-0.2, -0.15) is 0 Å². The first-order valence-electron chi connectivity index (χ1n) is 10.9. The molecule has 1 aromatic rings. The number of hydrogen-bond donors (Lipinski definition) is 1. The molecule has 1 aliphatic rings. The quantitative estimate of drug-likeness (QED) is 0.445. The Hall–Kier alpha value is -2.54. The Balaban J connectivity index is 2.10. The summed E-state index contributed by atoms with van der Waals surface area (Å²) in [6.07, 6.45) is 2.37. The van der Waals surface area contributed by atoms with Crippen LogP contribution in [0.1, 0.15) is 52.5 Å². The first-order valence-corrected chi connectivity index (χ1v) is 10.9. The van der Waals surface area contributed by atoms with Crippen molar-refractivity contribution in [1.29, 1.82) is 0 Å². The predicted molar refractivity (Wildman–Crippen MR) is 118 cm³/mol. The van der Waals surface area contributed by atoms with Gasteiger partial charge in [0, 0.05) is 11.8 Å². The van der Waals surface area contributed by atoms with E-state index in [2.05, 4.69) is 24.1 Å². The van der Waals surface area contributed by atoms with Gasteiger partial charge in [0.2, 0.25) is 11.8 Å². The minimum absolute atomic E-state index is 0.0105. The van der Waals surface area contributed by atoms with Crippen LogP contribution in [0.15, 0.2) is 35.3 Å². The molecule has 0 aliphatic carbocycles. The van der Waals surface area contributed by atoms with E-state index >= 15 is 0 Å². The van der Waals surface area contributed by atoms with Crippen molar-refractivity contribution < 1.29 is 14.4 Å². The fourth-order valence-electron chi connectivity index (χ4n) is 3.69. The summed E-state index contributed by atoms with van der Waals surface area (Å²) in [5, 5.41) is 2.33. The molecular weight excluding hydrogens is 380 g/mol. The van der Waals surface area contributed by atoms with Crippen LogP contribution in [-0.2, 0) is 16.1 Å². The molecule has 7 heteroatoms. The minimum Gasteiger partial charge on any atom is -0.304 e. The second kappa shape index (κ2) is 11.6. The van der Waals surface area contributed by atoms with E-state index in [0.29, 0.717) is 12.1 Å².